The molecule has 2 heterocycles. The number of aliphatic hydroxyl groups is 3. The molecule has 1 aromatic heterocycles. The number of hydrogen-bond acceptors (Lipinski definition) is 6. The van der Waals surface area contributed by atoms with E-state index in [1.54, 1.807) is 6.92 Å². The second-order valence-electron chi connectivity index (χ2n) is 7.75. The highest BCUT2D eigenvalue weighted by molar-refractivity contribution is 5.89. The van der Waals surface area contributed by atoms with E-state index in [4.69, 9.17) is 9.47 Å². The van der Waals surface area contributed by atoms with Crippen LogP contribution in [0.1, 0.15) is 25.3 Å². The fourth-order valence-corrected chi connectivity index (χ4v) is 3.75. The van der Waals surface area contributed by atoms with E-state index in [1.165, 1.54) is 12.8 Å². The minimum Gasteiger partial charge on any atom is -0.461 e. The lowest BCUT2D eigenvalue weighted by Gasteiger charge is -2.39. The first-order chi connectivity index (χ1) is 13.0. The first kappa shape index (κ1) is 18.7. The molecule has 0 amide bonds. The lowest BCUT2D eigenvalue weighted by Crippen LogP contribution is -2.58. The highest BCUT2D eigenvalue weighted by Crippen LogP contribution is 2.33. The number of hydrogen-bond donors (Lipinski definition) is 4. The predicted octanol–water partition coefficient (Wildman–Crippen LogP) is 1.01. The molecule has 0 radical (unpaired) electrons. The van der Waals surface area contributed by atoms with Crippen LogP contribution in [0.15, 0.2) is 24.4 Å². The first-order valence-electron chi connectivity index (χ1n) is 9.61. The van der Waals surface area contributed by atoms with Crippen molar-refractivity contribution in [3.63, 3.8) is 0 Å². The van der Waals surface area contributed by atoms with Gasteiger partial charge in [0, 0.05) is 29.7 Å². The van der Waals surface area contributed by atoms with Crippen molar-refractivity contribution in [2.24, 2.45) is 0 Å². The third kappa shape index (κ3) is 3.70. The van der Waals surface area contributed by atoms with E-state index < -0.39 is 30.7 Å². The Kier molecular flexibility index (Phi) is 5.13. The smallest absolute Gasteiger partial charge is 0.229 e. The van der Waals surface area contributed by atoms with Crippen molar-refractivity contribution in [2.75, 3.05) is 13.6 Å². The Morgan fingerprint density at radius 1 is 1.19 bits per heavy atom. The van der Waals surface area contributed by atoms with Gasteiger partial charge in [0.25, 0.3) is 0 Å². The summed E-state index contributed by atoms with van der Waals surface area (Å²) in [5.74, 6) is 0.595. The van der Waals surface area contributed by atoms with Crippen LogP contribution in [-0.4, -0.2) is 75.5 Å². The van der Waals surface area contributed by atoms with E-state index in [0.717, 1.165) is 29.4 Å². The van der Waals surface area contributed by atoms with E-state index in [9.17, 15) is 15.3 Å². The van der Waals surface area contributed by atoms with Gasteiger partial charge in [0.05, 0.1) is 6.10 Å². The van der Waals surface area contributed by atoms with Crippen LogP contribution in [-0.2, 0) is 11.2 Å². The Bertz CT molecular complexity index is 790. The van der Waals surface area contributed by atoms with E-state index >= 15 is 0 Å². The van der Waals surface area contributed by atoms with Gasteiger partial charge in [-0.05, 0) is 50.9 Å². The molecule has 1 saturated carbocycles. The second-order valence-corrected chi connectivity index (χ2v) is 7.75. The minimum absolute atomic E-state index is 0.595. The van der Waals surface area contributed by atoms with Gasteiger partial charge in [-0.25, -0.2) is 0 Å². The average molecular weight is 376 g/mol. The van der Waals surface area contributed by atoms with E-state index in [0.29, 0.717) is 11.8 Å². The van der Waals surface area contributed by atoms with Gasteiger partial charge in [-0.3, -0.25) is 0 Å². The molecule has 7 nitrogen and oxygen atoms in total. The van der Waals surface area contributed by atoms with Gasteiger partial charge in [-0.15, -0.1) is 0 Å². The third-order valence-electron chi connectivity index (χ3n) is 5.70. The monoisotopic (exact) mass is 376 g/mol. The van der Waals surface area contributed by atoms with E-state index in [-0.39, 0.29) is 0 Å². The standard InChI is InChI=1S/C20H28N2O5/c1-11-17(23)18(24)19(25)20(26-11)27-15-5-3-4-14-16(15)12(10-21-14)8-9-22(2)13-6-7-13/h3-5,10-11,13,17-21,23-25H,6-9H2,1-2H3. The number of fused-ring (bicyclic) bond motifs is 1. The second kappa shape index (κ2) is 7.41. The van der Waals surface area contributed by atoms with Gasteiger partial charge >= 0.3 is 0 Å². The van der Waals surface area contributed by atoms with Crippen molar-refractivity contribution < 1.29 is 24.8 Å². The fourth-order valence-electron chi connectivity index (χ4n) is 3.75. The molecule has 1 aliphatic carbocycles. The molecule has 0 bridgehead atoms. The van der Waals surface area contributed by atoms with Crippen LogP contribution >= 0.6 is 0 Å². The summed E-state index contributed by atoms with van der Waals surface area (Å²) in [5, 5.41) is 31.1. The molecule has 1 saturated heterocycles. The minimum atomic E-state index is -1.32. The van der Waals surface area contributed by atoms with Crippen LogP contribution in [0.5, 0.6) is 5.75 Å². The molecule has 1 aliphatic heterocycles. The maximum Gasteiger partial charge on any atom is 0.229 e. The Morgan fingerprint density at radius 2 is 1.96 bits per heavy atom. The normalized spacial score (nSPS) is 31.6. The predicted molar refractivity (Wildman–Crippen MR) is 101 cm³/mol. The summed E-state index contributed by atoms with van der Waals surface area (Å²) < 4.78 is 11.5. The summed E-state index contributed by atoms with van der Waals surface area (Å²) in [4.78, 5) is 5.66. The van der Waals surface area contributed by atoms with Crippen LogP contribution in [0, 0.1) is 0 Å². The first-order valence-corrected chi connectivity index (χ1v) is 9.61. The largest absolute Gasteiger partial charge is 0.461 e. The zero-order valence-electron chi connectivity index (χ0n) is 15.7. The molecule has 2 fully saturated rings. The van der Waals surface area contributed by atoms with Crippen LogP contribution in [0.4, 0.5) is 0 Å². The lowest BCUT2D eigenvalue weighted by molar-refractivity contribution is -0.267. The van der Waals surface area contributed by atoms with Crippen molar-refractivity contribution >= 4 is 10.9 Å². The summed E-state index contributed by atoms with van der Waals surface area (Å²) in [5.41, 5.74) is 2.10. The van der Waals surface area contributed by atoms with Gasteiger partial charge in [0.1, 0.15) is 24.1 Å². The van der Waals surface area contributed by atoms with Gasteiger partial charge < -0.3 is 34.7 Å². The van der Waals surface area contributed by atoms with Crippen LogP contribution in [0.3, 0.4) is 0 Å². The van der Waals surface area contributed by atoms with Crippen molar-refractivity contribution in [1.82, 2.24) is 9.88 Å². The van der Waals surface area contributed by atoms with Gasteiger partial charge in [-0.2, -0.15) is 0 Å². The fraction of sp³-hybridized carbons (Fsp3) is 0.600. The zero-order chi connectivity index (χ0) is 19.1. The molecule has 7 heteroatoms. The molecule has 5 atom stereocenters. The van der Waals surface area contributed by atoms with Gasteiger partial charge in [-0.1, -0.05) is 6.07 Å². The summed E-state index contributed by atoms with van der Waals surface area (Å²) in [6.07, 6.45) is -0.00517. The molecule has 1 aromatic carbocycles. The molecule has 2 aliphatic rings. The van der Waals surface area contributed by atoms with Crippen molar-refractivity contribution in [3.05, 3.63) is 30.0 Å². The van der Waals surface area contributed by atoms with Crippen LogP contribution < -0.4 is 4.74 Å². The van der Waals surface area contributed by atoms with Crippen molar-refractivity contribution in [3.8, 4) is 5.75 Å². The number of aromatic nitrogens is 1. The molecular formula is C20H28N2O5. The maximum absolute atomic E-state index is 10.2. The molecule has 0 spiro atoms. The Hall–Kier alpha value is -1.64. The highest BCUT2D eigenvalue weighted by Gasteiger charge is 2.43. The highest BCUT2D eigenvalue weighted by atomic mass is 16.7. The van der Waals surface area contributed by atoms with Gasteiger partial charge in [0.15, 0.2) is 0 Å². The number of nitrogens with one attached hydrogen (secondary N) is 1. The van der Waals surface area contributed by atoms with Crippen molar-refractivity contribution in [1.29, 1.82) is 0 Å². The van der Waals surface area contributed by atoms with Crippen LogP contribution in [0.2, 0.25) is 0 Å². The van der Waals surface area contributed by atoms with E-state index in [2.05, 4.69) is 16.9 Å². The number of rotatable bonds is 6. The quantitative estimate of drug-likeness (QED) is 0.601. The number of benzene rings is 1. The Labute approximate surface area is 158 Å². The molecule has 4 rings (SSSR count). The molecular weight excluding hydrogens is 348 g/mol. The maximum atomic E-state index is 10.2. The number of nitrogens with zero attached hydrogens (tertiary/aromatic N) is 1. The number of ether oxygens (including phenoxy) is 2. The van der Waals surface area contributed by atoms with Crippen LogP contribution in [0.25, 0.3) is 10.9 Å². The summed E-state index contributed by atoms with van der Waals surface area (Å²) >= 11 is 0. The Morgan fingerprint density at radius 3 is 2.70 bits per heavy atom. The SMILES string of the molecule is CC1OC(Oc2cccc3[nH]cc(CCN(C)C4CC4)c23)C(O)C(O)C1O. The van der Waals surface area contributed by atoms with Gasteiger partial charge in [0.2, 0.25) is 6.29 Å². The topological polar surface area (TPSA) is 98.2 Å². The zero-order valence-corrected chi connectivity index (χ0v) is 15.7. The molecule has 5 unspecified atom stereocenters. The number of aromatic amines is 1. The van der Waals surface area contributed by atoms with E-state index in [1.807, 2.05) is 24.4 Å². The summed E-state index contributed by atoms with van der Waals surface area (Å²) in [6.45, 7) is 2.61. The molecule has 4 N–H and O–H groups in total. The van der Waals surface area contributed by atoms with Crippen molar-refractivity contribution in [2.45, 2.75) is 62.9 Å². The average Bonchev–Trinajstić information content (AvgIpc) is 3.43. The number of aliphatic hydroxyl groups excluding tert-OH is 3. The Balaban J connectivity index is 1.55. The molecule has 27 heavy (non-hydrogen) atoms. The number of likely N-dealkylation sites (N-methyl/N-ethyl adjacent to an activating group) is 1. The summed E-state index contributed by atoms with van der Waals surface area (Å²) in [7, 11) is 2.16. The molecule has 148 valence electrons. The summed E-state index contributed by atoms with van der Waals surface area (Å²) in [6, 6.07) is 6.40. The lowest BCUT2D eigenvalue weighted by atomic mass is 10.00. The molecule has 2 aromatic rings. The number of H-pyrrole nitrogens is 1. The third-order valence-corrected chi connectivity index (χ3v) is 5.70.